The third kappa shape index (κ3) is 3.03. The predicted octanol–water partition coefficient (Wildman–Crippen LogP) is 2.85. The van der Waals surface area contributed by atoms with Crippen LogP contribution in [0.15, 0.2) is 18.2 Å². The fourth-order valence-corrected chi connectivity index (χ4v) is 2.73. The van der Waals surface area contributed by atoms with Gasteiger partial charge in [0.15, 0.2) is 0 Å². The van der Waals surface area contributed by atoms with Crippen LogP contribution in [0.25, 0.3) is 0 Å². The van der Waals surface area contributed by atoms with Gasteiger partial charge in [-0.15, -0.1) is 12.4 Å². The summed E-state index contributed by atoms with van der Waals surface area (Å²) in [5, 5.41) is 3.05. The number of carbonyl (C=O) groups is 1. The maximum absolute atomic E-state index is 11.3. The second-order valence-electron chi connectivity index (χ2n) is 5.43. The molecular weight excluding hydrogens is 262 g/mol. The van der Waals surface area contributed by atoms with Gasteiger partial charge >= 0.3 is 0 Å². The van der Waals surface area contributed by atoms with Crippen molar-refractivity contribution in [1.29, 1.82) is 0 Å². The van der Waals surface area contributed by atoms with E-state index in [-0.39, 0.29) is 29.8 Å². The van der Waals surface area contributed by atoms with Gasteiger partial charge in [0.25, 0.3) is 0 Å². The molecule has 1 aromatic rings. The topological polar surface area (TPSA) is 38.3 Å². The van der Waals surface area contributed by atoms with Crippen LogP contribution >= 0.6 is 12.4 Å². The van der Waals surface area contributed by atoms with E-state index in [2.05, 4.69) is 31.3 Å². The van der Waals surface area contributed by atoms with Crippen molar-refractivity contribution >= 4 is 18.3 Å². The summed E-state index contributed by atoms with van der Waals surface area (Å²) in [6, 6.07) is 6.40. The molecule has 1 atom stereocenters. The lowest BCUT2D eigenvalue weighted by Crippen LogP contribution is -2.44. The third-order valence-electron chi connectivity index (χ3n) is 3.76. The Labute approximate surface area is 121 Å². The molecule has 0 aromatic heterocycles. The number of nitrogens with one attached hydrogen (secondary N) is 1. The standard InChI is InChI=1S/C15H21NO2.ClH/c1-5-18-12-7-6-11-8-14(16-10(2)17)15(3,4)13(11)9-12;/h6-7,9,14H,5,8H2,1-4H3,(H,16,17);1H. The Morgan fingerprint density at radius 1 is 1.47 bits per heavy atom. The Kier molecular flexibility index (Phi) is 4.86. The van der Waals surface area contributed by atoms with Gasteiger partial charge < -0.3 is 10.1 Å². The van der Waals surface area contributed by atoms with Crippen LogP contribution in [0, 0.1) is 0 Å². The SMILES string of the molecule is CCOc1ccc2c(c1)C(C)(C)C(NC(C)=O)C2.Cl. The highest BCUT2D eigenvalue weighted by atomic mass is 35.5. The normalized spacial score (nSPS) is 19.3. The van der Waals surface area contributed by atoms with E-state index in [1.807, 2.05) is 13.0 Å². The van der Waals surface area contributed by atoms with Gasteiger partial charge in [0.2, 0.25) is 5.91 Å². The summed E-state index contributed by atoms with van der Waals surface area (Å²) in [5.74, 6) is 0.943. The number of halogens is 1. The molecule has 0 saturated carbocycles. The van der Waals surface area contributed by atoms with Crippen molar-refractivity contribution in [2.24, 2.45) is 0 Å². The van der Waals surface area contributed by atoms with Crippen molar-refractivity contribution < 1.29 is 9.53 Å². The smallest absolute Gasteiger partial charge is 0.217 e. The van der Waals surface area contributed by atoms with Crippen LogP contribution in [-0.2, 0) is 16.6 Å². The largest absolute Gasteiger partial charge is 0.494 e. The minimum absolute atomic E-state index is 0. The number of hydrogen-bond acceptors (Lipinski definition) is 2. The van der Waals surface area contributed by atoms with Crippen LogP contribution in [0.1, 0.15) is 38.8 Å². The van der Waals surface area contributed by atoms with Gasteiger partial charge in [-0.05, 0) is 36.6 Å². The molecule has 1 N–H and O–H groups in total. The maximum atomic E-state index is 11.3. The molecule has 0 saturated heterocycles. The Balaban J connectivity index is 0.00000180. The fraction of sp³-hybridized carbons (Fsp3) is 0.533. The summed E-state index contributed by atoms with van der Waals surface area (Å²) in [6.45, 7) is 8.59. The molecule has 106 valence electrons. The summed E-state index contributed by atoms with van der Waals surface area (Å²) in [5.41, 5.74) is 2.54. The maximum Gasteiger partial charge on any atom is 0.217 e. The third-order valence-corrected chi connectivity index (χ3v) is 3.76. The zero-order chi connectivity index (χ0) is 13.3. The number of ether oxygens (including phenoxy) is 1. The van der Waals surface area contributed by atoms with Crippen LogP contribution in [0.2, 0.25) is 0 Å². The molecule has 1 aromatic carbocycles. The number of rotatable bonds is 3. The first-order valence-electron chi connectivity index (χ1n) is 6.48. The molecule has 4 heteroatoms. The molecule has 0 heterocycles. The molecule has 0 bridgehead atoms. The average molecular weight is 284 g/mol. The zero-order valence-corrected chi connectivity index (χ0v) is 12.8. The van der Waals surface area contributed by atoms with Gasteiger partial charge in [0.05, 0.1) is 6.61 Å². The van der Waals surface area contributed by atoms with Gasteiger partial charge in [0.1, 0.15) is 5.75 Å². The molecule has 19 heavy (non-hydrogen) atoms. The van der Waals surface area contributed by atoms with Crippen molar-refractivity contribution in [1.82, 2.24) is 5.32 Å². The van der Waals surface area contributed by atoms with Crippen molar-refractivity contribution in [2.45, 2.75) is 45.6 Å². The molecule has 1 aliphatic carbocycles. The molecule has 0 fully saturated rings. The lowest BCUT2D eigenvalue weighted by molar-refractivity contribution is -0.120. The first kappa shape index (κ1) is 15.8. The molecule has 1 aliphatic rings. The number of benzene rings is 1. The van der Waals surface area contributed by atoms with E-state index in [1.54, 1.807) is 6.92 Å². The van der Waals surface area contributed by atoms with Crippen LogP contribution in [0.3, 0.4) is 0 Å². The van der Waals surface area contributed by atoms with Crippen LogP contribution in [0.4, 0.5) is 0 Å². The minimum atomic E-state index is -0.0475. The lowest BCUT2D eigenvalue weighted by Gasteiger charge is -2.28. The Bertz CT molecular complexity index is 471. The van der Waals surface area contributed by atoms with E-state index in [4.69, 9.17) is 4.74 Å². The molecule has 0 radical (unpaired) electrons. The minimum Gasteiger partial charge on any atom is -0.494 e. The van der Waals surface area contributed by atoms with Crippen molar-refractivity contribution in [3.8, 4) is 5.75 Å². The number of carbonyl (C=O) groups excluding carboxylic acids is 1. The summed E-state index contributed by atoms with van der Waals surface area (Å²) < 4.78 is 5.55. The highest BCUT2D eigenvalue weighted by Crippen LogP contribution is 2.40. The highest BCUT2D eigenvalue weighted by Gasteiger charge is 2.39. The van der Waals surface area contributed by atoms with E-state index >= 15 is 0 Å². The summed E-state index contributed by atoms with van der Waals surface area (Å²) >= 11 is 0. The van der Waals surface area contributed by atoms with Gasteiger partial charge in [-0.3, -0.25) is 4.79 Å². The summed E-state index contributed by atoms with van der Waals surface area (Å²) in [4.78, 5) is 11.3. The lowest BCUT2D eigenvalue weighted by atomic mass is 9.83. The van der Waals surface area contributed by atoms with Crippen molar-refractivity contribution in [3.05, 3.63) is 29.3 Å². The van der Waals surface area contributed by atoms with Crippen molar-refractivity contribution in [3.63, 3.8) is 0 Å². The molecule has 3 nitrogen and oxygen atoms in total. The van der Waals surface area contributed by atoms with E-state index in [0.29, 0.717) is 6.61 Å². The van der Waals surface area contributed by atoms with E-state index < -0.39 is 0 Å². The Morgan fingerprint density at radius 2 is 2.16 bits per heavy atom. The quantitative estimate of drug-likeness (QED) is 0.926. The van der Waals surface area contributed by atoms with Crippen LogP contribution in [-0.4, -0.2) is 18.6 Å². The van der Waals surface area contributed by atoms with Gasteiger partial charge in [-0.1, -0.05) is 19.9 Å². The average Bonchev–Trinajstić information content (AvgIpc) is 2.52. The molecule has 0 aliphatic heterocycles. The van der Waals surface area contributed by atoms with Crippen LogP contribution < -0.4 is 10.1 Å². The first-order valence-corrected chi connectivity index (χ1v) is 6.48. The highest BCUT2D eigenvalue weighted by molar-refractivity contribution is 5.85. The van der Waals surface area contributed by atoms with Gasteiger partial charge in [0, 0.05) is 18.4 Å². The van der Waals surface area contributed by atoms with Crippen LogP contribution in [0.5, 0.6) is 5.75 Å². The first-order chi connectivity index (χ1) is 8.45. The van der Waals surface area contributed by atoms with E-state index in [9.17, 15) is 4.79 Å². The van der Waals surface area contributed by atoms with Gasteiger partial charge in [-0.2, -0.15) is 0 Å². The molecule has 2 rings (SSSR count). The molecule has 1 unspecified atom stereocenters. The van der Waals surface area contributed by atoms with Crippen molar-refractivity contribution in [2.75, 3.05) is 6.61 Å². The zero-order valence-electron chi connectivity index (χ0n) is 11.9. The fourth-order valence-electron chi connectivity index (χ4n) is 2.73. The number of amides is 1. The number of fused-ring (bicyclic) bond motifs is 1. The van der Waals surface area contributed by atoms with E-state index in [0.717, 1.165) is 12.2 Å². The summed E-state index contributed by atoms with van der Waals surface area (Å²) in [6.07, 6.45) is 0.897. The van der Waals surface area contributed by atoms with Gasteiger partial charge in [-0.25, -0.2) is 0 Å². The molecular formula is C15H22ClNO2. The number of hydrogen-bond donors (Lipinski definition) is 1. The second-order valence-corrected chi connectivity index (χ2v) is 5.43. The monoisotopic (exact) mass is 283 g/mol. The Morgan fingerprint density at radius 3 is 2.74 bits per heavy atom. The second kappa shape index (κ2) is 5.83. The predicted molar refractivity (Wildman–Crippen MR) is 79.2 cm³/mol. The Hall–Kier alpha value is -1.22. The molecule has 1 amide bonds. The summed E-state index contributed by atoms with van der Waals surface area (Å²) in [7, 11) is 0. The van der Waals surface area contributed by atoms with E-state index in [1.165, 1.54) is 11.1 Å². The molecule has 0 spiro atoms.